The van der Waals surface area contributed by atoms with Gasteiger partial charge in [-0.25, -0.2) is 4.79 Å². The number of hydrogen-bond donors (Lipinski definition) is 1. The monoisotopic (exact) mass is 452 g/mol. The Balaban J connectivity index is 1.70. The lowest BCUT2D eigenvalue weighted by Gasteiger charge is -2.44. The molecule has 1 atom stereocenters. The summed E-state index contributed by atoms with van der Waals surface area (Å²) in [6.07, 6.45) is -0.706. The molecule has 164 valence electrons. The minimum atomic E-state index is -0.722. The van der Waals surface area contributed by atoms with Crippen LogP contribution in [0.1, 0.15) is 24.2 Å². The van der Waals surface area contributed by atoms with Crippen LogP contribution in [0.25, 0.3) is 0 Å². The molecule has 0 spiro atoms. The number of hydrogen-bond acceptors (Lipinski definition) is 8. The number of fused-ring (bicyclic) bond motifs is 1. The van der Waals surface area contributed by atoms with Gasteiger partial charge in [-0.1, -0.05) is 65.8 Å². The summed E-state index contributed by atoms with van der Waals surface area (Å²) in [6, 6.07) is 18.5. The van der Waals surface area contributed by atoms with E-state index in [1.54, 1.807) is 0 Å². The number of amides is 1. The Morgan fingerprint density at radius 1 is 1.12 bits per heavy atom. The van der Waals surface area contributed by atoms with E-state index in [1.807, 2.05) is 60.7 Å². The van der Waals surface area contributed by atoms with E-state index in [-0.39, 0.29) is 18.0 Å². The normalized spacial score (nSPS) is 18.9. The van der Waals surface area contributed by atoms with Crippen LogP contribution in [0.2, 0.25) is 0 Å². The zero-order chi connectivity index (χ0) is 22.7. The Bertz CT molecular complexity index is 1060. The summed E-state index contributed by atoms with van der Waals surface area (Å²) >= 11 is 1.30. The number of ether oxygens (including phenoxy) is 2. The number of nitrogens with zero attached hydrogens (tertiary/aromatic N) is 2. The quantitative estimate of drug-likeness (QED) is 0.311. The zero-order valence-electron chi connectivity index (χ0n) is 17.1. The van der Waals surface area contributed by atoms with E-state index in [9.17, 15) is 14.4 Å². The van der Waals surface area contributed by atoms with Crippen LogP contribution in [0.5, 0.6) is 0 Å². The van der Waals surface area contributed by atoms with Crippen LogP contribution in [0.4, 0.5) is 0 Å². The lowest BCUT2D eigenvalue weighted by molar-refractivity contribution is -0.148. The van der Waals surface area contributed by atoms with E-state index in [0.717, 1.165) is 11.1 Å². The molecule has 2 aromatic rings. The summed E-state index contributed by atoms with van der Waals surface area (Å²) in [4.78, 5) is 38.5. The van der Waals surface area contributed by atoms with Gasteiger partial charge >= 0.3 is 11.9 Å². The molecule has 2 heterocycles. The molecule has 1 saturated heterocycles. The van der Waals surface area contributed by atoms with Gasteiger partial charge in [0.25, 0.3) is 5.91 Å². The standard InChI is InChI=1S/C23H20N2O6S/c1-14(26)30-12-17-13-32-22-18(24-29)21(27)25(22)19(17)23(28)31-20(15-8-4-2-5-9-15)16-10-6-3-7-11-16/h2-11,20,22,29H,12-13H2,1H3/t22-/m1/s1. The second kappa shape index (κ2) is 9.27. The van der Waals surface area contributed by atoms with Gasteiger partial charge in [0.05, 0.1) is 0 Å². The van der Waals surface area contributed by atoms with Gasteiger partial charge in [-0.15, -0.1) is 11.8 Å². The number of thioether (sulfide) groups is 1. The Labute approximate surface area is 188 Å². The second-order valence-electron chi connectivity index (χ2n) is 7.16. The van der Waals surface area contributed by atoms with E-state index in [1.165, 1.54) is 23.6 Å². The first-order chi connectivity index (χ1) is 15.5. The van der Waals surface area contributed by atoms with Crippen LogP contribution in [0.15, 0.2) is 77.1 Å². The van der Waals surface area contributed by atoms with Crippen molar-refractivity contribution < 1.29 is 29.1 Å². The topological polar surface area (TPSA) is 106 Å². The van der Waals surface area contributed by atoms with Crippen LogP contribution in [-0.2, 0) is 23.9 Å². The van der Waals surface area contributed by atoms with E-state index < -0.39 is 29.3 Å². The smallest absolute Gasteiger partial charge is 0.356 e. The summed E-state index contributed by atoms with van der Waals surface area (Å²) in [5, 5.41) is 11.6. The number of benzene rings is 2. The molecule has 9 heteroatoms. The fraction of sp³-hybridized carbons (Fsp3) is 0.217. The molecule has 2 aliphatic rings. The molecule has 2 aliphatic heterocycles. The van der Waals surface area contributed by atoms with Gasteiger partial charge in [0.2, 0.25) is 0 Å². The van der Waals surface area contributed by atoms with Crippen molar-refractivity contribution in [3.63, 3.8) is 0 Å². The molecule has 32 heavy (non-hydrogen) atoms. The highest BCUT2D eigenvalue weighted by Gasteiger charge is 2.52. The summed E-state index contributed by atoms with van der Waals surface area (Å²) in [5.41, 5.74) is 1.97. The number of oxime groups is 1. The van der Waals surface area contributed by atoms with Crippen molar-refractivity contribution in [2.45, 2.75) is 18.4 Å². The summed E-state index contributed by atoms with van der Waals surface area (Å²) in [7, 11) is 0. The van der Waals surface area contributed by atoms with Crippen LogP contribution in [0, 0.1) is 0 Å². The third-order valence-corrected chi connectivity index (χ3v) is 6.34. The molecule has 0 radical (unpaired) electrons. The Morgan fingerprint density at radius 3 is 2.25 bits per heavy atom. The van der Waals surface area contributed by atoms with E-state index >= 15 is 0 Å². The summed E-state index contributed by atoms with van der Waals surface area (Å²) in [6.45, 7) is 1.12. The van der Waals surface area contributed by atoms with Gasteiger partial charge in [-0.2, -0.15) is 0 Å². The van der Waals surface area contributed by atoms with Gasteiger partial charge in [-0.3, -0.25) is 14.5 Å². The molecular formula is C23H20N2O6S. The molecular weight excluding hydrogens is 432 g/mol. The van der Waals surface area contributed by atoms with Crippen molar-refractivity contribution in [2.75, 3.05) is 12.4 Å². The number of esters is 2. The molecule has 0 unspecified atom stereocenters. The Hall–Kier alpha value is -3.59. The molecule has 0 bridgehead atoms. The zero-order valence-corrected chi connectivity index (χ0v) is 18.0. The summed E-state index contributed by atoms with van der Waals surface area (Å²) < 4.78 is 11.0. The maximum absolute atomic E-state index is 13.4. The van der Waals surface area contributed by atoms with Crippen molar-refractivity contribution in [1.29, 1.82) is 0 Å². The lowest BCUT2D eigenvalue weighted by atomic mass is 10.0. The van der Waals surface area contributed by atoms with E-state index in [4.69, 9.17) is 14.7 Å². The number of β-lactam (4-membered cyclic amide) rings is 1. The predicted molar refractivity (Wildman–Crippen MR) is 117 cm³/mol. The van der Waals surface area contributed by atoms with Crippen molar-refractivity contribution >= 4 is 35.3 Å². The molecule has 8 nitrogen and oxygen atoms in total. The highest BCUT2D eigenvalue weighted by Crippen LogP contribution is 2.40. The first kappa shape index (κ1) is 21.6. The van der Waals surface area contributed by atoms with Crippen LogP contribution < -0.4 is 0 Å². The van der Waals surface area contributed by atoms with Gasteiger partial charge in [0.15, 0.2) is 11.8 Å². The van der Waals surface area contributed by atoms with Gasteiger partial charge in [0, 0.05) is 18.2 Å². The average Bonchev–Trinajstić information content (AvgIpc) is 2.81. The average molecular weight is 452 g/mol. The molecule has 1 fully saturated rings. The fourth-order valence-corrected chi connectivity index (χ4v) is 4.80. The van der Waals surface area contributed by atoms with Crippen LogP contribution in [-0.4, -0.2) is 51.4 Å². The van der Waals surface area contributed by atoms with Gasteiger partial charge in [0.1, 0.15) is 17.7 Å². The molecule has 0 aromatic heterocycles. The van der Waals surface area contributed by atoms with Crippen LogP contribution in [0.3, 0.4) is 0 Å². The third kappa shape index (κ3) is 4.11. The van der Waals surface area contributed by atoms with E-state index in [2.05, 4.69) is 5.16 Å². The minimum absolute atomic E-state index is 0.0178. The first-order valence-corrected chi connectivity index (χ1v) is 10.9. The Morgan fingerprint density at radius 2 is 1.72 bits per heavy atom. The SMILES string of the molecule is CC(=O)OCC1=C(C(=O)OC(c2ccccc2)c2ccccc2)N2C(=O)C(=NO)[C@H]2SC1. The maximum atomic E-state index is 13.4. The second-order valence-corrected chi connectivity index (χ2v) is 8.23. The van der Waals surface area contributed by atoms with Gasteiger partial charge < -0.3 is 14.7 Å². The first-order valence-electron chi connectivity index (χ1n) is 9.84. The largest absolute Gasteiger partial charge is 0.461 e. The fourth-order valence-electron chi connectivity index (χ4n) is 3.56. The molecule has 0 aliphatic carbocycles. The number of carbonyl (C=O) groups is 3. The van der Waals surface area contributed by atoms with Crippen molar-refractivity contribution in [1.82, 2.24) is 4.90 Å². The van der Waals surface area contributed by atoms with Gasteiger partial charge in [-0.05, 0) is 11.1 Å². The highest BCUT2D eigenvalue weighted by atomic mass is 32.2. The minimum Gasteiger partial charge on any atom is -0.461 e. The molecule has 4 rings (SSSR count). The van der Waals surface area contributed by atoms with Crippen molar-refractivity contribution in [2.24, 2.45) is 5.16 Å². The number of rotatable bonds is 6. The molecule has 1 amide bonds. The van der Waals surface area contributed by atoms with Crippen molar-refractivity contribution in [3.8, 4) is 0 Å². The maximum Gasteiger partial charge on any atom is 0.356 e. The number of carbonyl (C=O) groups excluding carboxylic acids is 3. The van der Waals surface area contributed by atoms with Crippen LogP contribution >= 0.6 is 11.8 Å². The van der Waals surface area contributed by atoms with Crippen molar-refractivity contribution in [3.05, 3.63) is 83.1 Å². The summed E-state index contributed by atoms with van der Waals surface area (Å²) in [5.74, 6) is -1.50. The Kier molecular flexibility index (Phi) is 6.27. The molecule has 0 saturated carbocycles. The lowest BCUT2D eigenvalue weighted by Crippen LogP contribution is -2.62. The van der Waals surface area contributed by atoms with E-state index in [0.29, 0.717) is 11.3 Å². The predicted octanol–water partition coefficient (Wildman–Crippen LogP) is 2.88. The highest BCUT2D eigenvalue weighted by molar-refractivity contribution is 8.01. The molecule has 1 N–H and O–H groups in total. The molecule has 2 aromatic carbocycles. The third-order valence-electron chi connectivity index (χ3n) is 5.08.